The van der Waals surface area contributed by atoms with E-state index < -0.39 is 6.29 Å². The number of nitrogens with one attached hydrogen (secondary N) is 1. The molecule has 0 fully saturated rings. The number of nitrogens with zero attached hydrogens (tertiary/aromatic N) is 2. The Kier molecular flexibility index (Phi) is 4.43. The number of amides is 1. The lowest BCUT2D eigenvalue weighted by Crippen LogP contribution is -2.45. The summed E-state index contributed by atoms with van der Waals surface area (Å²) in [6.07, 6.45) is 1.39. The van der Waals surface area contributed by atoms with Crippen molar-refractivity contribution < 1.29 is 4.79 Å². The van der Waals surface area contributed by atoms with Crippen LogP contribution in [0.1, 0.15) is 35.3 Å². The van der Waals surface area contributed by atoms with E-state index in [1.807, 2.05) is 56.9 Å². The molecule has 3 N–H and O–H groups in total. The molecule has 21 heavy (non-hydrogen) atoms. The van der Waals surface area contributed by atoms with Crippen LogP contribution in [0.4, 0.5) is 0 Å². The lowest BCUT2D eigenvalue weighted by atomic mass is 10.1. The molecule has 0 bridgehead atoms. The van der Waals surface area contributed by atoms with Gasteiger partial charge in [-0.1, -0.05) is 17.2 Å². The van der Waals surface area contributed by atoms with Crippen LogP contribution < -0.4 is 11.1 Å². The first-order chi connectivity index (χ1) is 9.90. The molecule has 1 aromatic rings. The Bertz CT molecular complexity index is 598. The molecular weight excluding hydrogens is 264 g/mol. The minimum atomic E-state index is -0.449. The predicted molar refractivity (Wildman–Crippen MR) is 84.9 cm³/mol. The summed E-state index contributed by atoms with van der Waals surface area (Å²) in [4.78, 5) is 18.6. The van der Waals surface area contributed by atoms with Crippen LogP contribution in [0.15, 0.2) is 35.0 Å². The quantitative estimate of drug-likeness (QED) is 0.872. The minimum Gasteiger partial charge on any atom is -0.342 e. The zero-order valence-corrected chi connectivity index (χ0v) is 13.0. The van der Waals surface area contributed by atoms with Gasteiger partial charge in [-0.2, -0.15) is 0 Å². The van der Waals surface area contributed by atoms with Crippen molar-refractivity contribution in [2.45, 2.75) is 34.0 Å². The molecule has 0 saturated carbocycles. The molecular formula is C16H22N4O. The van der Waals surface area contributed by atoms with E-state index in [4.69, 9.17) is 5.73 Å². The Morgan fingerprint density at radius 3 is 2.43 bits per heavy atom. The summed E-state index contributed by atoms with van der Waals surface area (Å²) in [5, 5.41) is 2.82. The average Bonchev–Trinajstić information content (AvgIpc) is 2.37. The summed E-state index contributed by atoms with van der Waals surface area (Å²) in [5.41, 5.74) is 9.73. The van der Waals surface area contributed by atoms with Gasteiger partial charge < -0.3 is 10.2 Å². The maximum Gasteiger partial charge on any atom is 0.256 e. The number of hydrogen-bond donors (Lipinski definition) is 2. The molecule has 0 aliphatic carbocycles. The summed E-state index contributed by atoms with van der Waals surface area (Å²) < 4.78 is 0. The van der Waals surface area contributed by atoms with Crippen molar-refractivity contribution in [2.75, 3.05) is 6.54 Å². The molecule has 0 spiro atoms. The second kappa shape index (κ2) is 6.10. The van der Waals surface area contributed by atoms with E-state index in [2.05, 4.69) is 10.3 Å². The van der Waals surface area contributed by atoms with E-state index in [1.165, 1.54) is 0 Å². The first-order valence-corrected chi connectivity index (χ1v) is 7.08. The predicted octanol–water partition coefficient (Wildman–Crippen LogP) is 1.91. The first kappa shape index (κ1) is 15.3. The third-order valence-electron chi connectivity index (χ3n) is 3.46. The van der Waals surface area contributed by atoms with Gasteiger partial charge in [-0.3, -0.25) is 10.5 Å². The van der Waals surface area contributed by atoms with E-state index in [9.17, 15) is 4.79 Å². The van der Waals surface area contributed by atoms with Gasteiger partial charge in [0.25, 0.3) is 5.91 Å². The standard InChI is InChI=1S/C16H22N4O/c1-5-20-12(4)9-14(19-16(20)17)18-15(21)13-7-10(2)6-11(3)8-13/h6-9,16H,5,17H2,1-4H3,(H,18,19,21). The maximum atomic E-state index is 12.3. The Morgan fingerprint density at radius 2 is 1.90 bits per heavy atom. The van der Waals surface area contributed by atoms with Crippen molar-refractivity contribution in [2.24, 2.45) is 10.7 Å². The highest BCUT2D eigenvalue weighted by atomic mass is 16.1. The average molecular weight is 286 g/mol. The maximum absolute atomic E-state index is 12.3. The highest BCUT2D eigenvalue weighted by molar-refractivity contribution is 6.10. The van der Waals surface area contributed by atoms with Crippen molar-refractivity contribution in [3.8, 4) is 0 Å². The van der Waals surface area contributed by atoms with E-state index in [0.29, 0.717) is 11.4 Å². The summed E-state index contributed by atoms with van der Waals surface area (Å²) in [5.74, 6) is 0.343. The molecule has 1 aromatic carbocycles. The Balaban J connectivity index is 2.17. The number of allylic oxidation sites excluding steroid dienone is 1. The Morgan fingerprint density at radius 1 is 1.29 bits per heavy atom. The fraction of sp³-hybridized carbons (Fsp3) is 0.375. The van der Waals surface area contributed by atoms with Crippen LogP contribution in [0.3, 0.4) is 0 Å². The molecule has 2 rings (SSSR count). The highest BCUT2D eigenvalue weighted by Gasteiger charge is 2.19. The van der Waals surface area contributed by atoms with E-state index in [1.54, 1.807) is 0 Å². The van der Waals surface area contributed by atoms with Crippen LogP contribution in [0, 0.1) is 13.8 Å². The van der Waals surface area contributed by atoms with Gasteiger partial charge in [0.15, 0.2) is 6.29 Å². The molecule has 1 heterocycles. The molecule has 5 heteroatoms. The number of aliphatic imine (C=N–C) groups is 1. The van der Waals surface area contributed by atoms with Gasteiger partial charge in [0, 0.05) is 17.8 Å². The molecule has 1 atom stereocenters. The lowest BCUT2D eigenvalue weighted by molar-refractivity contribution is 0.0976. The number of amidine groups is 1. The smallest absolute Gasteiger partial charge is 0.256 e. The van der Waals surface area contributed by atoms with E-state index >= 15 is 0 Å². The highest BCUT2D eigenvalue weighted by Crippen LogP contribution is 2.13. The topological polar surface area (TPSA) is 70.7 Å². The normalized spacial score (nSPS) is 18.1. The van der Waals surface area contributed by atoms with Gasteiger partial charge in [-0.15, -0.1) is 0 Å². The number of nitrogens with two attached hydrogens (primary N) is 1. The van der Waals surface area contributed by atoms with Crippen molar-refractivity contribution in [3.05, 3.63) is 46.7 Å². The molecule has 1 amide bonds. The third-order valence-corrected chi connectivity index (χ3v) is 3.46. The number of carbonyl (C=O) groups is 1. The summed E-state index contributed by atoms with van der Waals surface area (Å²) in [6.45, 7) is 8.71. The Hall–Kier alpha value is -2.14. The monoisotopic (exact) mass is 286 g/mol. The van der Waals surface area contributed by atoms with Gasteiger partial charge in [0.2, 0.25) is 0 Å². The van der Waals surface area contributed by atoms with Gasteiger partial charge in [-0.05, 0) is 45.9 Å². The van der Waals surface area contributed by atoms with Gasteiger partial charge >= 0.3 is 0 Å². The van der Waals surface area contributed by atoms with Crippen LogP contribution in [0.5, 0.6) is 0 Å². The molecule has 0 aromatic heterocycles. The molecule has 0 saturated heterocycles. The number of carbonyl (C=O) groups excluding carboxylic acids is 1. The van der Waals surface area contributed by atoms with Crippen molar-refractivity contribution >= 4 is 11.7 Å². The number of rotatable bonds is 2. The van der Waals surface area contributed by atoms with Crippen LogP contribution in [0.2, 0.25) is 0 Å². The largest absolute Gasteiger partial charge is 0.342 e. The first-order valence-electron chi connectivity index (χ1n) is 7.08. The number of benzene rings is 1. The van der Waals surface area contributed by atoms with Crippen molar-refractivity contribution in [1.29, 1.82) is 0 Å². The van der Waals surface area contributed by atoms with Crippen LogP contribution >= 0.6 is 0 Å². The SMILES string of the molecule is CCN1C(C)=CC(NC(=O)c2cc(C)cc(C)c2)=NC1N. The summed E-state index contributed by atoms with van der Waals surface area (Å²) >= 11 is 0. The summed E-state index contributed by atoms with van der Waals surface area (Å²) in [6, 6.07) is 5.76. The fourth-order valence-electron chi connectivity index (χ4n) is 2.54. The number of hydrogen-bond acceptors (Lipinski definition) is 4. The molecule has 5 nitrogen and oxygen atoms in total. The fourth-order valence-corrected chi connectivity index (χ4v) is 2.54. The van der Waals surface area contributed by atoms with E-state index in [0.717, 1.165) is 23.4 Å². The molecule has 112 valence electrons. The van der Waals surface area contributed by atoms with Gasteiger partial charge in [0.1, 0.15) is 5.84 Å². The zero-order chi connectivity index (χ0) is 15.6. The van der Waals surface area contributed by atoms with Crippen molar-refractivity contribution in [3.63, 3.8) is 0 Å². The lowest BCUT2D eigenvalue weighted by Gasteiger charge is -2.31. The van der Waals surface area contributed by atoms with Crippen LogP contribution in [-0.2, 0) is 0 Å². The molecule has 1 unspecified atom stereocenters. The second-order valence-electron chi connectivity index (χ2n) is 5.33. The molecule has 1 aliphatic rings. The minimum absolute atomic E-state index is 0.165. The van der Waals surface area contributed by atoms with Crippen molar-refractivity contribution in [1.82, 2.24) is 10.2 Å². The molecule has 0 radical (unpaired) electrons. The number of aryl methyl sites for hydroxylation is 2. The third kappa shape index (κ3) is 3.49. The zero-order valence-electron chi connectivity index (χ0n) is 13.0. The van der Waals surface area contributed by atoms with Crippen LogP contribution in [0.25, 0.3) is 0 Å². The molecule has 1 aliphatic heterocycles. The second-order valence-corrected chi connectivity index (χ2v) is 5.33. The van der Waals surface area contributed by atoms with Crippen LogP contribution in [-0.4, -0.2) is 29.5 Å². The van der Waals surface area contributed by atoms with Gasteiger partial charge in [0.05, 0.1) is 0 Å². The van der Waals surface area contributed by atoms with Gasteiger partial charge in [-0.25, -0.2) is 4.99 Å². The Labute approximate surface area is 125 Å². The summed E-state index contributed by atoms with van der Waals surface area (Å²) in [7, 11) is 0. The van der Waals surface area contributed by atoms with E-state index in [-0.39, 0.29) is 5.91 Å².